The van der Waals surface area contributed by atoms with Gasteiger partial charge in [-0.3, -0.25) is 9.59 Å². The van der Waals surface area contributed by atoms with Crippen molar-refractivity contribution in [3.8, 4) is 0 Å². The molecule has 1 amide bonds. The number of benzene rings is 1. The Kier molecular flexibility index (Phi) is 3.51. The molecule has 1 aliphatic carbocycles. The van der Waals surface area contributed by atoms with Crippen LogP contribution < -0.4 is 10.7 Å². The maximum Gasteiger partial charge on any atom is 0.240 e. The lowest BCUT2D eigenvalue weighted by atomic mass is 9.80. The number of pyridine rings is 1. The molecule has 0 spiro atoms. The Morgan fingerprint density at radius 3 is 2.76 bits per heavy atom. The summed E-state index contributed by atoms with van der Waals surface area (Å²) in [5, 5.41) is 13.3. The van der Waals surface area contributed by atoms with Gasteiger partial charge in [-0.05, 0) is 31.4 Å². The molecule has 1 aliphatic rings. The van der Waals surface area contributed by atoms with Gasteiger partial charge in [-0.2, -0.15) is 0 Å². The highest BCUT2D eigenvalue weighted by atomic mass is 16.3. The van der Waals surface area contributed by atoms with E-state index in [0.29, 0.717) is 11.9 Å². The summed E-state index contributed by atoms with van der Waals surface area (Å²) >= 11 is 0. The average Bonchev–Trinajstić information content (AvgIpc) is 2.46. The molecule has 2 aromatic rings. The Hall–Kier alpha value is -2.14. The molecule has 0 saturated heterocycles. The molecule has 1 aromatic carbocycles. The molecule has 0 radical (unpaired) electrons. The zero-order chi connectivity index (χ0) is 14.9. The summed E-state index contributed by atoms with van der Waals surface area (Å²) in [7, 11) is 0. The maximum absolute atomic E-state index is 12.0. The summed E-state index contributed by atoms with van der Waals surface area (Å²) in [5.41, 5.74) is -0.0325. The number of amides is 1. The van der Waals surface area contributed by atoms with Crippen LogP contribution in [0.15, 0.2) is 41.3 Å². The normalized spacial score (nSPS) is 16.4. The topological polar surface area (TPSA) is 71.3 Å². The number of nitrogens with zero attached hydrogens (tertiary/aromatic N) is 1. The van der Waals surface area contributed by atoms with Crippen LogP contribution in [0.25, 0.3) is 10.9 Å². The van der Waals surface area contributed by atoms with Crippen molar-refractivity contribution in [2.45, 2.75) is 31.4 Å². The molecule has 5 heteroatoms. The van der Waals surface area contributed by atoms with E-state index in [4.69, 9.17) is 0 Å². The van der Waals surface area contributed by atoms with Crippen molar-refractivity contribution >= 4 is 16.8 Å². The fraction of sp³-hybridized carbons (Fsp3) is 0.375. The minimum Gasteiger partial charge on any atom is -0.388 e. The van der Waals surface area contributed by atoms with Crippen molar-refractivity contribution in [1.82, 2.24) is 9.88 Å². The van der Waals surface area contributed by atoms with Crippen LogP contribution in [0.5, 0.6) is 0 Å². The number of fused-ring (bicyclic) bond motifs is 1. The molecule has 1 saturated carbocycles. The summed E-state index contributed by atoms with van der Waals surface area (Å²) in [4.78, 5) is 23.8. The third-order valence-corrected chi connectivity index (χ3v) is 4.10. The van der Waals surface area contributed by atoms with E-state index in [-0.39, 0.29) is 17.9 Å². The molecule has 0 unspecified atom stereocenters. The summed E-state index contributed by atoms with van der Waals surface area (Å²) in [5.74, 6) is -0.163. The number of carbonyl (C=O) groups excluding carboxylic acids is 1. The summed E-state index contributed by atoms with van der Waals surface area (Å²) in [6, 6.07) is 8.69. The number of carbonyl (C=O) groups is 1. The summed E-state index contributed by atoms with van der Waals surface area (Å²) in [6.45, 7) is 0.431. The monoisotopic (exact) mass is 286 g/mol. The SMILES string of the molecule is O=C(Cn1ccc(=O)c2ccccc21)NCC1(O)CCC1. The quantitative estimate of drug-likeness (QED) is 0.882. The lowest BCUT2D eigenvalue weighted by molar-refractivity contribution is -0.124. The smallest absolute Gasteiger partial charge is 0.240 e. The fourth-order valence-corrected chi connectivity index (χ4v) is 2.63. The third kappa shape index (κ3) is 2.83. The second-order valence-corrected chi connectivity index (χ2v) is 5.68. The molecular weight excluding hydrogens is 268 g/mol. The maximum atomic E-state index is 12.0. The third-order valence-electron chi connectivity index (χ3n) is 4.10. The molecule has 0 aliphatic heterocycles. The standard InChI is InChI=1S/C16H18N2O3/c19-14-6-9-18(13-5-2-1-4-12(13)14)10-15(20)17-11-16(21)7-3-8-16/h1-2,4-6,9,21H,3,7-8,10-11H2,(H,17,20). The highest BCUT2D eigenvalue weighted by Crippen LogP contribution is 2.30. The Morgan fingerprint density at radius 1 is 1.29 bits per heavy atom. The molecule has 5 nitrogen and oxygen atoms in total. The zero-order valence-electron chi connectivity index (χ0n) is 11.7. The molecule has 2 N–H and O–H groups in total. The highest BCUT2D eigenvalue weighted by molar-refractivity contribution is 5.82. The van der Waals surface area contributed by atoms with Crippen molar-refractivity contribution in [3.05, 3.63) is 46.8 Å². The number of rotatable bonds is 4. The van der Waals surface area contributed by atoms with Gasteiger partial charge in [0.2, 0.25) is 5.91 Å². The first-order chi connectivity index (χ1) is 10.1. The van der Waals surface area contributed by atoms with Gasteiger partial charge in [-0.1, -0.05) is 12.1 Å². The summed E-state index contributed by atoms with van der Waals surface area (Å²) < 4.78 is 1.75. The van der Waals surface area contributed by atoms with Gasteiger partial charge in [0.15, 0.2) is 5.43 Å². The summed E-state index contributed by atoms with van der Waals surface area (Å²) in [6.07, 6.45) is 4.13. The number of aromatic nitrogens is 1. The molecule has 3 rings (SSSR count). The van der Waals surface area contributed by atoms with E-state index in [1.165, 1.54) is 6.07 Å². The first-order valence-electron chi connectivity index (χ1n) is 7.15. The lowest BCUT2D eigenvalue weighted by Gasteiger charge is -2.36. The number of aliphatic hydroxyl groups is 1. The molecule has 1 heterocycles. The zero-order valence-corrected chi connectivity index (χ0v) is 11.7. The van der Waals surface area contributed by atoms with E-state index in [0.717, 1.165) is 24.8 Å². The average molecular weight is 286 g/mol. The van der Waals surface area contributed by atoms with Gasteiger partial charge in [0.1, 0.15) is 6.54 Å². The van der Waals surface area contributed by atoms with Gasteiger partial charge in [-0.15, -0.1) is 0 Å². The van der Waals surface area contributed by atoms with E-state index < -0.39 is 5.60 Å². The van der Waals surface area contributed by atoms with E-state index in [2.05, 4.69) is 5.32 Å². The number of hydrogen-bond acceptors (Lipinski definition) is 3. The minimum absolute atomic E-state index is 0.0500. The minimum atomic E-state index is -0.721. The number of para-hydroxylation sites is 1. The van der Waals surface area contributed by atoms with E-state index in [1.54, 1.807) is 22.9 Å². The van der Waals surface area contributed by atoms with Crippen LogP contribution in [0.2, 0.25) is 0 Å². The molecular formula is C16H18N2O3. The molecule has 0 atom stereocenters. The van der Waals surface area contributed by atoms with Gasteiger partial charge >= 0.3 is 0 Å². The molecule has 0 bridgehead atoms. The van der Waals surface area contributed by atoms with E-state index >= 15 is 0 Å². The Labute approximate surface area is 122 Å². The van der Waals surface area contributed by atoms with Crippen LogP contribution in [-0.4, -0.2) is 27.7 Å². The van der Waals surface area contributed by atoms with Crippen LogP contribution in [0, 0.1) is 0 Å². The molecule has 1 aromatic heterocycles. The van der Waals surface area contributed by atoms with Crippen molar-refractivity contribution in [3.63, 3.8) is 0 Å². The highest BCUT2D eigenvalue weighted by Gasteiger charge is 2.34. The molecule has 110 valence electrons. The van der Waals surface area contributed by atoms with Crippen LogP contribution in [0.1, 0.15) is 19.3 Å². The van der Waals surface area contributed by atoms with Crippen molar-refractivity contribution in [2.75, 3.05) is 6.54 Å². The molecule has 1 fully saturated rings. The first kappa shape index (κ1) is 13.8. The van der Waals surface area contributed by atoms with E-state index in [1.807, 2.05) is 12.1 Å². The van der Waals surface area contributed by atoms with Gasteiger partial charge in [0, 0.05) is 24.2 Å². The van der Waals surface area contributed by atoms with Crippen LogP contribution in [0.3, 0.4) is 0 Å². The Morgan fingerprint density at radius 2 is 2.05 bits per heavy atom. The predicted octanol–water partition coefficient (Wildman–Crippen LogP) is 1.03. The van der Waals surface area contributed by atoms with Gasteiger partial charge in [0.05, 0.1) is 11.1 Å². The Bertz CT molecular complexity index is 732. The molecule has 21 heavy (non-hydrogen) atoms. The second-order valence-electron chi connectivity index (χ2n) is 5.68. The first-order valence-corrected chi connectivity index (χ1v) is 7.15. The van der Waals surface area contributed by atoms with Crippen LogP contribution >= 0.6 is 0 Å². The predicted molar refractivity (Wildman–Crippen MR) is 80.0 cm³/mol. The van der Waals surface area contributed by atoms with Crippen molar-refractivity contribution in [1.29, 1.82) is 0 Å². The van der Waals surface area contributed by atoms with Crippen LogP contribution in [0.4, 0.5) is 0 Å². The van der Waals surface area contributed by atoms with Gasteiger partial charge in [0.25, 0.3) is 0 Å². The Balaban J connectivity index is 1.74. The van der Waals surface area contributed by atoms with Gasteiger partial charge in [-0.25, -0.2) is 0 Å². The number of nitrogens with one attached hydrogen (secondary N) is 1. The fourth-order valence-electron chi connectivity index (χ4n) is 2.63. The van der Waals surface area contributed by atoms with Crippen molar-refractivity contribution in [2.24, 2.45) is 0 Å². The van der Waals surface area contributed by atoms with Crippen molar-refractivity contribution < 1.29 is 9.90 Å². The van der Waals surface area contributed by atoms with E-state index in [9.17, 15) is 14.7 Å². The second kappa shape index (κ2) is 5.33. The number of hydrogen-bond donors (Lipinski definition) is 2. The van der Waals surface area contributed by atoms with Crippen LogP contribution in [-0.2, 0) is 11.3 Å². The van der Waals surface area contributed by atoms with Gasteiger partial charge < -0.3 is 15.0 Å². The largest absolute Gasteiger partial charge is 0.388 e. The lowest BCUT2D eigenvalue weighted by Crippen LogP contribution is -2.48.